The Morgan fingerprint density at radius 3 is 2.86 bits per heavy atom. The molecule has 2 aromatic rings. The van der Waals surface area contributed by atoms with Crippen LogP contribution in [0.1, 0.15) is 32.4 Å². The summed E-state index contributed by atoms with van der Waals surface area (Å²) in [5, 5.41) is 0.832. The summed E-state index contributed by atoms with van der Waals surface area (Å²) in [7, 11) is 0. The summed E-state index contributed by atoms with van der Waals surface area (Å²) in [4.78, 5) is 21.6. The fourth-order valence-electron chi connectivity index (χ4n) is 2.84. The minimum absolute atomic E-state index is 0.0391. The Kier molecular flexibility index (Phi) is 3.15. The Balaban J connectivity index is 1.71. The van der Waals surface area contributed by atoms with Crippen molar-refractivity contribution >= 4 is 11.8 Å². The SMILES string of the molecule is CC1CSc2nc(-c3ccc(C4(C)CC4)nc3)cc(=O)n2C1. The van der Waals surface area contributed by atoms with Crippen molar-refractivity contribution in [3.8, 4) is 11.3 Å². The van der Waals surface area contributed by atoms with Crippen molar-refractivity contribution in [3.63, 3.8) is 0 Å². The minimum atomic E-state index is 0.0391. The molecule has 22 heavy (non-hydrogen) atoms. The van der Waals surface area contributed by atoms with Gasteiger partial charge in [0.25, 0.3) is 5.56 Å². The Morgan fingerprint density at radius 1 is 1.36 bits per heavy atom. The smallest absolute Gasteiger partial charge is 0.254 e. The molecule has 114 valence electrons. The van der Waals surface area contributed by atoms with Gasteiger partial charge in [0.2, 0.25) is 0 Å². The fourth-order valence-corrected chi connectivity index (χ4v) is 3.86. The van der Waals surface area contributed by atoms with Crippen molar-refractivity contribution in [2.75, 3.05) is 5.75 Å². The summed E-state index contributed by atoms with van der Waals surface area (Å²) in [6.07, 6.45) is 4.28. The third kappa shape index (κ3) is 2.37. The second-order valence-electron chi connectivity index (χ2n) is 6.78. The van der Waals surface area contributed by atoms with Crippen LogP contribution < -0.4 is 5.56 Å². The second kappa shape index (κ2) is 4.95. The summed E-state index contributed by atoms with van der Waals surface area (Å²) in [5.41, 5.74) is 3.12. The Morgan fingerprint density at radius 2 is 2.18 bits per heavy atom. The van der Waals surface area contributed by atoms with E-state index in [0.29, 0.717) is 5.92 Å². The van der Waals surface area contributed by atoms with E-state index in [1.807, 2.05) is 12.3 Å². The Labute approximate surface area is 134 Å². The first-order chi connectivity index (χ1) is 10.5. The van der Waals surface area contributed by atoms with Gasteiger partial charge < -0.3 is 0 Å². The van der Waals surface area contributed by atoms with Crippen LogP contribution in [0, 0.1) is 5.92 Å². The molecule has 5 heteroatoms. The molecule has 4 rings (SSSR count). The second-order valence-corrected chi connectivity index (χ2v) is 7.77. The van der Waals surface area contributed by atoms with Gasteiger partial charge in [-0.05, 0) is 30.9 Å². The molecule has 1 fully saturated rings. The number of pyridine rings is 1. The molecule has 0 bridgehead atoms. The number of hydrogen-bond donors (Lipinski definition) is 0. The van der Waals surface area contributed by atoms with Crippen molar-refractivity contribution in [2.24, 2.45) is 5.92 Å². The third-order valence-electron chi connectivity index (χ3n) is 4.64. The van der Waals surface area contributed by atoms with Gasteiger partial charge in [-0.2, -0.15) is 0 Å². The monoisotopic (exact) mass is 313 g/mol. The van der Waals surface area contributed by atoms with Crippen LogP contribution in [0.3, 0.4) is 0 Å². The molecule has 0 N–H and O–H groups in total. The van der Waals surface area contributed by atoms with Crippen molar-refractivity contribution in [1.29, 1.82) is 0 Å². The summed E-state index contributed by atoms with van der Waals surface area (Å²) in [6, 6.07) is 5.76. The largest absolute Gasteiger partial charge is 0.287 e. The topological polar surface area (TPSA) is 47.8 Å². The quantitative estimate of drug-likeness (QED) is 0.799. The standard InChI is InChI=1S/C17H19N3OS/c1-11-9-20-15(21)7-13(19-16(20)22-10-11)12-3-4-14(18-8-12)17(2)5-6-17/h3-4,7-8,11H,5-6,9-10H2,1-2H3. The van der Waals surface area contributed by atoms with Gasteiger partial charge in [0.15, 0.2) is 5.16 Å². The molecule has 1 unspecified atom stereocenters. The molecule has 2 aliphatic rings. The number of thioether (sulfide) groups is 1. The Hall–Kier alpha value is -1.62. The third-order valence-corrected chi connectivity index (χ3v) is 5.95. The lowest BCUT2D eigenvalue weighted by Gasteiger charge is -2.22. The van der Waals surface area contributed by atoms with Gasteiger partial charge in [-0.3, -0.25) is 14.3 Å². The molecule has 1 aliphatic heterocycles. The highest BCUT2D eigenvalue weighted by atomic mass is 32.2. The normalized spacial score (nSPS) is 22.2. The van der Waals surface area contributed by atoms with Crippen molar-refractivity contribution in [2.45, 2.75) is 43.8 Å². The van der Waals surface area contributed by atoms with E-state index in [0.717, 1.165) is 34.4 Å². The molecule has 0 saturated heterocycles. The highest BCUT2D eigenvalue weighted by Gasteiger charge is 2.40. The van der Waals surface area contributed by atoms with Crippen LogP contribution in [0.25, 0.3) is 11.3 Å². The Bertz CT molecular complexity index is 777. The first-order valence-electron chi connectivity index (χ1n) is 7.77. The predicted octanol–water partition coefficient (Wildman–Crippen LogP) is 3.10. The molecule has 3 heterocycles. The maximum atomic E-state index is 12.3. The maximum absolute atomic E-state index is 12.3. The first-order valence-corrected chi connectivity index (χ1v) is 8.75. The average Bonchev–Trinajstić information content (AvgIpc) is 3.27. The zero-order valence-electron chi connectivity index (χ0n) is 12.9. The number of nitrogens with zero attached hydrogens (tertiary/aromatic N) is 3. The van der Waals surface area contributed by atoms with Crippen LogP contribution in [-0.2, 0) is 12.0 Å². The summed E-state index contributed by atoms with van der Waals surface area (Å²) >= 11 is 1.67. The van der Waals surface area contributed by atoms with Gasteiger partial charge in [-0.25, -0.2) is 4.98 Å². The molecule has 1 aliphatic carbocycles. The van der Waals surface area contributed by atoms with E-state index in [-0.39, 0.29) is 11.0 Å². The van der Waals surface area contributed by atoms with E-state index < -0.39 is 0 Å². The fraction of sp³-hybridized carbons (Fsp3) is 0.471. The molecule has 0 aromatic carbocycles. The van der Waals surface area contributed by atoms with Crippen LogP contribution in [0.4, 0.5) is 0 Å². The van der Waals surface area contributed by atoms with E-state index in [2.05, 4.69) is 29.9 Å². The van der Waals surface area contributed by atoms with E-state index in [9.17, 15) is 4.79 Å². The van der Waals surface area contributed by atoms with E-state index in [4.69, 9.17) is 0 Å². The summed E-state index contributed by atoms with van der Waals surface area (Å²) in [6.45, 7) is 5.18. The molecule has 4 nitrogen and oxygen atoms in total. The molecule has 1 saturated carbocycles. The molecule has 1 atom stereocenters. The lowest BCUT2D eigenvalue weighted by molar-refractivity contribution is 0.460. The van der Waals surface area contributed by atoms with Gasteiger partial charge >= 0.3 is 0 Å². The average molecular weight is 313 g/mol. The van der Waals surface area contributed by atoms with Gasteiger partial charge in [0.05, 0.1) is 5.69 Å². The predicted molar refractivity (Wildman–Crippen MR) is 88.2 cm³/mol. The number of rotatable bonds is 2. The van der Waals surface area contributed by atoms with E-state index in [1.165, 1.54) is 12.8 Å². The van der Waals surface area contributed by atoms with Gasteiger partial charge in [-0.15, -0.1) is 0 Å². The maximum Gasteiger partial charge on any atom is 0.254 e. The highest BCUT2D eigenvalue weighted by molar-refractivity contribution is 7.99. The van der Waals surface area contributed by atoms with Crippen molar-refractivity contribution < 1.29 is 0 Å². The minimum Gasteiger partial charge on any atom is -0.287 e. The number of hydrogen-bond acceptors (Lipinski definition) is 4. The van der Waals surface area contributed by atoms with Gasteiger partial charge in [0.1, 0.15) is 0 Å². The molecule has 0 amide bonds. The van der Waals surface area contributed by atoms with E-state index >= 15 is 0 Å². The summed E-state index contributed by atoms with van der Waals surface area (Å²) in [5.74, 6) is 1.54. The van der Waals surface area contributed by atoms with Crippen LogP contribution in [0.2, 0.25) is 0 Å². The highest BCUT2D eigenvalue weighted by Crippen LogP contribution is 2.46. The summed E-state index contributed by atoms with van der Waals surface area (Å²) < 4.78 is 1.79. The lowest BCUT2D eigenvalue weighted by Crippen LogP contribution is -2.29. The molecule has 2 aromatic heterocycles. The van der Waals surface area contributed by atoms with Gasteiger partial charge in [0, 0.05) is 41.2 Å². The molecule has 0 radical (unpaired) electrons. The van der Waals surface area contributed by atoms with Crippen LogP contribution in [0.5, 0.6) is 0 Å². The molecular formula is C17H19N3OS. The van der Waals surface area contributed by atoms with Crippen LogP contribution in [-0.4, -0.2) is 20.3 Å². The zero-order valence-corrected chi connectivity index (χ0v) is 13.7. The first kappa shape index (κ1) is 14.0. The van der Waals surface area contributed by atoms with Crippen molar-refractivity contribution in [3.05, 3.63) is 40.4 Å². The van der Waals surface area contributed by atoms with Crippen LogP contribution in [0.15, 0.2) is 34.3 Å². The van der Waals surface area contributed by atoms with Crippen LogP contribution >= 0.6 is 11.8 Å². The lowest BCUT2D eigenvalue weighted by atomic mass is 10.0. The number of aromatic nitrogens is 3. The zero-order chi connectivity index (χ0) is 15.3. The van der Waals surface area contributed by atoms with E-state index in [1.54, 1.807) is 22.4 Å². The molecule has 0 spiro atoms. The van der Waals surface area contributed by atoms with Crippen molar-refractivity contribution in [1.82, 2.24) is 14.5 Å². The number of fused-ring (bicyclic) bond motifs is 1. The van der Waals surface area contributed by atoms with Gasteiger partial charge in [-0.1, -0.05) is 25.6 Å². The molecular weight excluding hydrogens is 294 g/mol.